The normalized spacial score (nSPS) is 13.6. The number of halogens is 1. The van der Waals surface area contributed by atoms with Gasteiger partial charge < -0.3 is 15.1 Å². The summed E-state index contributed by atoms with van der Waals surface area (Å²) in [6.07, 6.45) is 0.806. The summed E-state index contributed by atoms with van der Waals surface area (Å²) in [4.78, 5) is 23.7. The average Bonchev–Trinajstić information content (AvgIpc) is 2.86. The Bertz CT molecular complexity index is 693. The zero-order valence-electron chi connectivity index (χ0n) is 10.4. The number of benzene rings is 1. The number of hydrogen-bond acceptors (Lipinski definition) is 3. The predicted octanol–water partition coefficient (Wildman–Crippen LogP) is 2.58. The highest BCUT2D eigenvalue weighted by Crippen LogP contribution is 2.20. The Labute approximate surface area is 123 Å². The topological polar surface area (TPSA) is 71.3 Å². The van der Waals surface area contributed by atoms with E-state index in [0.717, 1.165) is 12.0 Å². The van der Waals surface area contributed by atoms with Crippen molar-refractivity contribution in [2.75, 3.05) is 11.9 Å². The van der Waals surface area contributed by atoms with Crippen LogP contribution in [0, 0.1) is 0 Å². The van der Waals surface area contributed by atoms with Gasteiger partial charge in [-0.1, -0.05) is 6.07 Å². The van der Waals surface area contributed by atoms with Gasteiger partial charge >= 0.3 is 0 Å². The quantitative estimate of drug-likeness (QED) is 0.886. The maximum absolute atomic E-state index is 12.0. The lowest BCUT2D eigenvalue weighted by Crippen LogP contribution is -2.31. The molecule has 0 aliphatic carbocycles. The fourth-order valence-electron chi connectivity index (χ4n) is 2.12. The number of fused-ring (bicyclic) bond motifs is 1. The molecule has 102 valence electrons. The molecule has 2 amide bonds. The lowest BCUT2D eigenvalue weighted by Gasteiger charge is -2.17. The van der Waals surface area contributed by atoms with Crippen molar-refractivity contribution in [1.29, 1.82) is 0 Å². The van der Waals surface area contributed by atoms with Crippen molar-refractivity contribution in [2.24, 2.45) is 0 Å². The van der Waals surface area contributed by atoms with Crippen molar-refractivity contribution < 1.29 is 14.0 Å². The van der Waals surface area contributed by atoms with Crippen molar-refractivity contribution in [2.45, 2.75) is 6.42 Å². The molecule has 0 atom stereocenters. The van der Waals surface area contributed by atoms with Gasteiger partial charge in [-0.25, -0.2) is 0 Å². The van der Waals surface area contributed by atoms with Crippen molar-refractivity contribution in [1.82, 2.24) is 5.32 Å². The number of amides is 2. The Morgan fingerprint density at radius 2 is 2.15 bits per heavy atom. The third kappa shape index (κ3) is 2.46. The smallest absolute Gasteiger partial charge is 0.291 e. The summed E-state index contributed by atoms with van der Waals surface area (Å²) in [5, 5.41) is 5.49. The van der Waals surface area contributed by atoms with E-state index in [9.17, 15) is 9.59 Å². The summed E-state index contributed by atoms with van der Waals surface area (Å²) in [5.74, 6) is -0.256. The molecular formula is C14H11BrN2O3. The van der Waals surface area contributed by atoms with Crippen molar-refractivity contribution >= 4 is 33.4 Å². The molecule has 0 saturated carbocycles. The molecule has 1 aliphatic rings. The zero-order chi connectivity index (χ0) is 14.1. The van der Waals surface area contributed by atoms with E-state index in [1.807, 2.05) is 6.07 Å². The molecule has 5 nitrogen and oxygen atoms in total. The number of rotatable bonds is 2. The minimum atomic E-state index is -0.355. The summed E-state index contributed by atoms with van der Waals surface area (Å²) in [5.41, 5.74) is 2.17. The number of anilines is 1. The molecule has 0 radical (unpaired) electrons. The van der Waals surface area contributed by atoms with Crippen LogP contribution in [0.15, 0.2) is 39.4 Å². The molecule has 20 heavy (non-hydrogen) atoms. The van der Waals surface area contributed by atoms with Crippen LogP contribution in [0.5, 0.6) is 0 Å². The standard InChI is InChI=1S/C14H11BrN2O3/c15-12-4-3-11(20-12)14(19)17-9-2-1-8-5-6-16-13(18)10(8)7-9/h1-4,7H,5-6H2,(H,16,18)(H,17,19). The van der Waals surface area contributed by atoms with Gasteiger partial charge in [-0.15, -0.1) is 0 Å². The van der Waals surface area contributed by atoms with Gasteiger partial charge in [-0.05, 0) is 52.2 Å². The molecule has 2 aromatic rings. The van der Waals surface area contributed by atoms with Crippen LogP contribution < -0.4 is 10.6 Å². The van der Waals surface area contributed by atoms with Gasteiger partial charge in [0.25, 0.3) is 11.8 Å². The van der Waals surface area contributed by atoms with Gasteiger partial charge in [0.05, 0.1) is 0 Å². The number of carbonyl (C=O) groups excluding carboxylic acids is 2. The summed E-state index contributed by atoms with van der Waals surface area (Å²) in [6.45, 7) is 0.651. The van der Waals surface area contributed by atoms with E-state index in [4.69, 9.17) is 4.42 Å². The van der Waals surface area contributed by atoms with E-state index in [-0.39, 0.29) is 17.6 Å². The third-order valence-electron chi connectivity index (χ3n) is 3.09. The second-order valence-electron chi connectivity index (χ2n) is 4.44. The van der Waals surface area contributed by atoms with E-state index in [1.54, 1.807) is 24.3 Å². The summed E-state index contributed by atoms with van der Waals surface area (Å²) >= 11 is 3.14. The first-order chi connectivity index (χ1) is 9.63. The predicted molar refractivity (Wildman–Crippen MR) is 76.8 cm³/mol. The molecule has 0 fully saturated rings. The van der Waals surface area contributed by atoms with Gasteiger partial charge in [0.15, 0.2) is 10.4 Å². The minimum absolute atomic E-state index is 0.108. The fraction of sp³-hybridized carbons (Fsp3) is 0.143. The van der Waals surface area contributed by atoms with Crippen molar-refractivity contribution in [3.63, 3.8) is 0 Å². The lowest BCUT2D eigenvalue weighted by molar-refractivity contribution is 0.0944. The van der Waals surface area contributed by atoms with Gasteiger partial charge in [0, 0.05) is 17.8 Å². The first kappa shape index (κ1) is 12.9. The van der Waals surface area contributed by atoms with Gasteiger partial charge in [-0.2, -0.15) is 0 Å². The van der Waals surface area contributed by atoms with E-state index in [0.29, 0.717) is 22.5 Å². The molecule has 0 spiro atoms. The van der Waals surface area contributed by atoms with Crippen LogP contribution in [-0.4, -0.2) is 18.4 Å². The van der Waals surface area contributed by atoms with Crippen LogP contribution in [-0.2, 0) is 6.42 Å². The van der Waals surface area contributed by atoms with E-state index in [2.05, 4.69) is 26.6 Å². The lowest BCUT2D eigenvalue weighted by atomic mass is 10.00. The number of furan rings is 1. The van der Waals surface area contributed by atoms with Crippen LogP contribution in [0.3, 0.4) is 0 Å². The molecule has 1 aromatic heterocycles. The summed E-state index contributed by atoms with van der Waals surface area (Å²) in [6, 6.07) is 8.55. The Morgan fingerprint density at radius 1 is 1.30 bits per heavy atom. The third-order valence-corrected chi connectivity index (χ3v) is 3.52. The number of nitrogens with one attached hydrogen (secondary N) is 2. The van der Waals surface area contributed by atoms with E-state index in [1.165, 1.54) is 0 Å². The Morgan fingerprint density at radius 3 is 2.90 bits per heavy atom. The average molecular weight is 335 g/mol. The van der Waals surface area contributed by atoms with Crippen LogP contribution in [0.4, 0.5) is 5.69 Å². The van der Waals surface area contributed by atoms with Crippen LogP contribution >= 0.6 is 15.9 Å². The first-order valence-corrected chi connectivity index (χ1v) is 6.90. The van der Waals surface area contributed by atoms with Gasteiger partial charge in [-0.3, -0.25) is 9.59 Å². The summed E-state index contributed by atoms with van der Waals surface area (Å²) < 4.78 is 5.67. The molecule has 1 aromatic carbocycles. The SMILES string of the molecule is O=C(Nc1ccc2c(c1)C(=O)NCC2)c1ccc(Br)o1. The number of hydrogen-bond donors (Lipinski definition) is 2. The number of carbonyl (C=O) groups is 2. The summed E-state index contributed by atoms with van der Waals surface area (Å²) in [7, 11) is 0. The molecule has 2 heterocycles. The van der Waals surface area contributed by atoms with Crippen LogP contribution in [0.2, 0.25) is 0 Å². The molecule has 0 unspecified atom stereocenters. The Balaban J connectivity index is 1.83. The van der Waals surface area contributed by atoms with E-state index < -0.39 is 0 Å². The van der Waals surface area contributed by atoms with Crippen molar-refractivity contribution in [3.8, 4) is 0 Å². The second-order valence-corrected chi connectivity index (χ2v) is 5.22. The van der Waals surface area contributed by atoms with Gasteiger partial charge in [0.1, 0.15) is 0 Å². The highest BCUT2D eigenvalue weighted by Gasteiger charge is 2.18. The first-order valence-electron chi connectivity index (χ1n) is 6.11. The van der Waals surface area contributed by atoms with E-state index >= 15 is 0 Å². The Hall–Kier alpha value is -2.08. The highest BCUT2D eigenvalue weighted by molar-refractivity contribution is 9.10. The largest absolute Gasteiger partial charge is 0.444 e. The second kappa shape index (κ2) is 5.13. The Kier molecular flexibility index (Phi) is 3.31. The fourth-order valence-corrected chi connectivity index (χ4v) is 2.43. The molecular weight excluding hydrogens is 324 g/mol. The van der Waals surface area contributed by atoms with Crippen molar-refractivity contribution in [3.05, 3.63) is 51.9 Å². The molecule has 1 aliphatic heterocycles. The molecule has 0 saturated heterocycles. The zero-order valence-corrected chi connectivity index (χ0v) is 12.0. The maximum Gasteiger partial charge on any atom is 0.291 e. The maximum atomic E-state index is 12.0. The monoisotopic (exact) mass is 334 g/mol. The van der Waals surface area contributed by atoms with Crippen LogP contribution in [0.1, 0.15) is 26.5 Å². The minimum Gasteiger partial charge on any atom is -0.444 e. The van der Waals surface area contributed by atoms with Gasteiger partial charge in [0.2, 0.25) is 0 Å². The van der Waals surface area contributed by atoms with Crippen LogP contribution in [0.25, 0.3) is 0 Å². The highest BCUT2D eigenvalue weighted by atomic mass is 79.9. The molecule has 3 rings (SSSR count). The molecule has 0 bridgehead atoms. The molecule has 2 N–H and O–H groups in total. The molecule has 6 heteroatoms.